The zero-order chi connectivity index (χ0) is 20.7. The fourth-order valence-corrected chi connectivity index (χ4v) is 3.73. The molecular formula is C21H24N6O2. The van der Waals surface area contributed by atoms with Crippen LogP contribution >= 0.6 is 0 Å². The lowest BCUT2D eigenvalue weighted by atomic mass is 10.1. The summed E-state index contributed by atoms with van der Waals surface area (Å²) in [5.74, 6) is 0.544. The van der Waals surface area contributed by atoms with Crippen molar-refractivity contribution in [3.05, 3.63) is 74.2 Å². The van der Waals surface area contributed by atoms with Gasteiger partial charge in [0.2, 0.25) is 5.95 Å². The molecule has 1 aromatic carbocycles. The van der Waals surface area contributed by atoms with Crippen LogP contribution in [0.4, 0.5) is 0 Å². The third-order valence-corrected chi connectivity index (χ3v) is 5.19. The van der Waals surface area contributed by atoms with Gasteiger partial charge < -0.3 is 4.57 Å². The molecule has 0 spiro atoms. The second kappa shape index (κ2) is 7.20. The van der Waals surface area contributed by atoms with Gasteiger partial charge in [-0.05, 0) is 38.8 Å². The zero-order valence-electron chi connectivity index (χ0n) is 17.1. The van der Waals surface area contributed by atoms with Gasteiger partial charge in [-0.2, -0.15) is 10.1 Å². The number of aryl methyl sites for hydroxylation is 5. The van der Waals surface area contributed by atoms with Crippen LogP contribution in [0.3, 0.4) is 0 Å². The number of fused-ring (bicyclic) bond motifs is 1. The molecule has 0 saturated heterocycles. The first-order chi connectivity index (χ1) is 13.9. The summed E-state index contributed by atoms with van der Waals surface area (Å²) in [5, 5.41) is 4.55. The van der Waals surface area contributed by atoms with Gasteiger partial charge in [-0.15, -0.1) is 0 Å². The van der Waals surface area contributed by atoms with E-state index in [4.69, 9.17) is 0 Å². The maximum Gasteiger partial charge on any atom is 0.332 e. The van der Waals surface area contributed by atoms with Gasteiger partial charge in [0.05, 0.1) is 5.69 Å². The van der Waals surface area contributed by atoms with Gasteiger partial charge in [0.1, 0.15) is 0 Å². The highest BCUT2D eigenvalue weighted by Crippen LogP contribution is 2.18. The van der Waals surface area contributed by atoms with Gasteiger partial charge in [-0.25, -0.2) is 9.48 Å². The summed E-state index contributed by atoms with van der Waals surface area (Å²) in [7, 11) is 1.65. The molecule has 4 aromatic rings. The zero-order valence-corrected chi connectivity index (χ0v) is 17.1. The lowest BCUT2D eigenvalue weighted by Gasteiger charge is -2.11. The van der Waals surface area contributed by atoms with E-state index in [9.17, 15) is 9.59 Å². The summed E-state index contributed by atoms with van der Waals surface area (Å²) < 4.78 is 6.30. The third kappa shape index (κ3) is 3.10. The average molecular weight is 392 g/mol. The Morgan fingerprint density at radius 2 is 1.76 bits per heavy atom. The predicted octanol–water partition coefficient (Wildman–Crippen LogP) is 1.96. The van der Waals surface area contributed by atoms with E-state index < -0.39 is 0 Å². The molecule has 0 unspecified atom stereocenters. The number of nitrogens with zero attached hydrogens (tertiary/aromatic N) is 6. The molecule has 0 amide bonds. The van der Waals surface area contributed by atoms with Crippen LogP contribution in [-0.2, 0) is 26.6 Å². The summed E-state index contributed by atoms with van der Waals surface area (Å²) in [6.45, 7) is 6.51. The number of rotatable bonds is 5. The molecule has 0 aliphatic carbocycles. The molecule has 0 atom stereocenters. The van der Waals surface area contributed by atoms with Crippen molar-refractivity contribution in [3.63, 3.8) is 0 Å². The molecule has 3 aromatic heterocycles. The van der Waals surface area contributed by atoms with Crippen LogP contribution in [0.2, 0.25) is 0 Å². The van der Waals surface area contributed by atoms with Crippen LogP contribution in [0.25, 0.3) is 17.1 Å². The highest BCUT2D eigenvalue weighted by Gasteiger charge is 2.22. The maximum atomic E-state index is 13.2. The molecule has 150 valence electrons. The summed E-state index contributed by atoms with van der Waals surface area (Å²) >= 11 is 0. The lowest BCUT2D eigenvalue weighted by molar-refractivity contribution is 0.625. The predicted molar refractivity (Wildman–Crippen MR) is 112 cm³/mol. The molecule has 0 aliphatic heterocycles. The van der Waals surface area contributed by atoms with Gasteiger partial charge in [-0.1, -0.05) is 30.3 Å². The van der Waals surface area contributed by atoms with E-state index >= 15 is 0 Å². The Hall–Kier alpha value is -3.42. The molecule has 4 rings (SSSR count). The highest BCUT2D eigenvalue weighted by atomic mass is 16.2. The van der Waals surface area contributed by atoms with Gasteiger partial charge in [0.15, 0.2) is 11.2 Å². The van der Waals surface area contributed by atoms with Crippen LogP contribution < -0.4 is 11.2 Å². The fourth-order valence-electron chi connectivity index (χ4n) is 3.73. The fraction of sp³-hybridized carbons (Fsp3) is 0.333. The van der Waals surface area contributed by atoms with E-state index in [1.807, 2.05) is 42.7 Å². The Kier molecular flexibility index (Phi) is 4.70. The Bertz CT molecular complexity index is 1310. The largest absolute Gasteiger partial charge is 0.332 e. The van der Waals surface area contributed by atoms with E-state index in [0.717, 1.165) is 23.4 Å². The Balaban J connectivity index is 1.99. The second-order valence-corrected chi connectivity index (χ2v) is 7.20. The first kappa shape index (κ1) is 18.9. The minimum absolute atomic E-state index is 0.306. The molecule has 8 nitrogen and oxygen atoms in total. The van der Waals surface area contributed by atoms with Gasteiger partial charge in [0.25, 0.3) is 5.56 Å². The normalized spacial score (nSPS) is 11.4. The molecule has 3 heterocycles. The van der Waals surface area contributed by atoms with Gasteiger partial charge in [0, 0.05) is 25.8 Å². The quantitative estimate of drug-likeness (QED) is 0.520. The van der Waals surface area contributed by atoms with Crippen molar-refractivity contribution in [2.24, 2.45) is 7.05 Å². The van der Waals surface area contributed by atoms with Crippen LogP contribution in [0.5, 0.6) is 0 Å². The van der Waals surface area contributed by atoms with Crippen molar-refractivity contribution in [2.45, 2.75) is 40.3 Å². The summed E-state index contributed by atoms with van der Waals surface area (Å²) in [6, 6.07) is 12.1. The number of imidazole rings is 1. The number of hydrogen-bond acceptors (Lipinski definition) is 4. The monoisotopic (exact) mass is 392 g/mol. The highest BCUT2D eigenvalue weighted by molar-refractivity contribution is 5.72. The van der Waals surface area contributed by atoms with Crippen molar-refractivity contribution < 1.29 is 0 Å². The third-order valence-electron chi connectivity index (χ3n) is 5.19. The van der Waals surface area contributed by atoms with Crippen molar-refractivity contribution >= 4 is 11.2 Å². The Labute approximate surface area is 167 Å². The number of aromatic nitrogens is 6. The first-order valence-electron chi connectivity index (χ1n) is 9.70. The molecule has 8 heteroatoms. The molecule has 29 heavy (non-hydrogen) atoms. The number of hydrogen-bond donors (Lipinski definition) is 0. The van der Waals surface area contributed by atoms with Gasteiger partial charge >= 0.3 is 5.69 Å². The molecule has 0 fully saturated rings. The molecule has 0 aliphatic rings. The first-order valence-corrected chi connectivity index (χ1v) is 9.70. The van der Waals surface area contributed by atoms with E-state index in [1.165, 1.54) is 9.13 Å². The van der Waals surface area contributed by atoms with Crippen molar-refractivity contribution in [1.82, 2.24) is 28.5 Å². The molecule has 0 radical (unpaired) electrons. The smallest absolute Gasteiger partial charge is 0.302 e. The SMILES string of the molecule is CCn1c(=O)c2c(nc(-n3nc(C)cc3C)n2CCc2ccccc2)n(C)c1=O. The minimum Gasteiger partial charge on any atom is -0.302 e. The van der Waals surface area contributed by atoms with Crippen molar-refractivity contribution in [3.8, 4) is 5.95 Å². The molecule has 0 bridgehead atoms. The lowest BCUT2D eigenvalue weighted by Crippen LogP contribution is -2.39. The Morgan fingerprint density at radius 3 is 2.38 bits per heavy atom. The van der Waals surface area contributed by atoms with Crippen molar-refractivity contribution in [1.29, 1.82) is 0 Å². The van der Waals surface area contributed by atoms with E-state index in [-0.39, 0.29) is 11.2 Å². The van der Waals surface area contributed by atoms with Crippen LogP contribution in [0, 0.1) is 13.8 Å². The summed E-state index contributed by atoms with van der Waals surface area (Å²) in [5.41, 5.74) is 3.06. The molecular weight excluding hydrogens is 368 g/mol. The van der Waals surface area contributed by atoms with E-state index in [1.54, 1.807) is 18.7 Å². The standard InChI is InChI=1S/C21H24N6O2/c1-5-25-19(28)17-18(24(4)21(25)29)22-20(27-15(3)13-14(2)23-27)26(17)12-11-16-9-7-6-8-10-16/h6-10,13H,5,11-12H2,1-4H3. The van der Waals surface area contributed by atoms with Crippen LogP contribution in [0.1, 0.15) is 23.9 Å². The molecule has 0 N–H and O–H groups in total. The molecule has 0 saturated carbocycles. The van der Waals surface area contributed by atoms with Crippen molar-refractivity contribution in [2.75, 3.05) is 0 Å². The van der Waals surface area contributed by atoms with Crippen LogP contribution in [-0.4, -0.2) is 28.5 Å². The topological polar surface area (TPSA) is 79.6 Å². The van der Waals surface area contributed by atoms with Crippen LogP contribution in [0.15, 0.2) is 46.0 Å². The summed E-state index contributed by atoms with van der Waals surface area (Å²) in [6.07, 6.45) is 0.729. The Morgan fingerprint density at radius 1 is 1.03 bits per heavy atom. The van der Waals surface area contributed by atoms with Gasteiger partial charge in [-0.3, -0.25) is 13.9 Å². The summed E-state index contributed by atoms with van der Waals surface area (Å²) in [4.78, 5) is 30.4. The second-order valence-electron chi connectivity index (χ2n) is 7.20. The van der Waals surface area contributed by atoms with E-state index in [2.05, 4.69) is 22.2 Å². The number of benzene rings is 1. The maximum absolute atomic E-state index is 13.2. The van der Waals surface area contributed by atoms with E-state index in [0.29, 0.717) is 30.2 Å². The average Bonchev–Trinajstić information content (AvgIpc) is 3.25. The minimum atomic E-state index is -0.363.